The van der Waals surface area contributed by atoms with E-state index in [1.165, 1.54) is 61.8 Å². The highest BCUT2D eigenvalue weighted by molar-refractivity contribution is 5.65. The lowest BCUT2D eigenvalue weighted by atomic mass is 10.0. The van der Waals surface area contributed by atoms with Crippen LogP contribution in [0.15, 0.2) is 60.7 Å². The number of ether oxygens (including phenoxy) is 1. The van der Waals surface area contributed by atoms with Gasteiger partial charge in [0.2, 0.25) is 0 Å². The molecule has 0 aliphatic carbocycles. The lowest BCUT2D eigenvalue weighted by Crippen LogP contribution is -2.26. The molecule has 0 bridgehead atoms. The molecule has 2 aromatic rings. The summed E-state index contributed by atoms with van der Waals surface area (Å²) >= 11 is 0. The van der Waals surface area contributed by atoms with Gasteiger partial charge < -0.3 is 10.1 Å². The molecule has 1 aliphatic rings. The maximum atomic E-state index is 5.77. The largest absolute Gasteiger partial charge is 0.380 e. The standard InChI is InChI=1S/C25H33NO/c1(2-4-9-20-27-21-25-14-10-19-26-25)3-6-11-22-15-17-24(18-16-22)23-12-7-5-8-13-23/h5-8,11-13,15-18,25-26H,1-4,9-10,14,19-21H2/b11-6+/t25-/m0/s1. The van der Waals surface area contributed by atoms with Crippen LogP contribution in [0.1, 0.15) is 50.5 Å². The summed E-state index contributed by atoms with van der Waals surface area (Å²) in [4.78, 5) is 0. The summed E-state index contributed by atoms with van der Waals surface area (Å²) in [7, 11) is 0. The predicted octanol–water partition coefficient (Wildman–Crippen LogP) is 6.09. The van der Waals surface area contributed by atoms with Gasteiger partial charge in [0.25, 0.3) is 0 Å². The van der Waals surface area contributed by atoms with Crippen LogP contribution in [0.4, 0.5) is 0 Å². The van der Waals surface area contributed by atoms with Gasteiger partial charge in [-0.15, -0.1) is 0 Å². The molecule has 1 atom stereocenters. The molecule has 1 heterocycles. The molecule has 0 unspecified atom stereocenters. The molecule has 1 saturated heterocycles. The zero-order valence-electron chi connectivity index (χ0n) is 16.4. The maximum absolute atomic E-state index is 5.77. The van der Waals surface area contributed by atoms with Crippen LogP contribution in [0.5, 0.6) is 0 Å². The number of hydrogen-bond acceptors (Lipinski definition) is 2. The maximum Gasteiger partial charge on any atom is 0.0619 e. The molecule has 27 heavy (non-hydrogen) atoms. The second-order valence-electron chi connectivity index (χ2n) is 7.46. The van der Waals surface area contributed by atoms with Crippen LogP contribution in [0.3, 0.4) is 0 Å². The Morgan fingerprint density at radius 1 is 0.889 bits per heavy atom. The van der Waals surface area contributed by atoms with E-state index < -0.39 is 0 Å². The van der Waals surface area contributed by atoms with Crippen molar-refractivity contribution in [1.29, 1.82) is 0 Å². The summed E-state index contributed by atoms with van der Waals surface area (Å²) in [5, 5.41) is 3.47. The van der Waals surface area contributed by atoms with Crippen LogP contribution in [0.2, 0.25) is 0 Å². The van der Waals surface area contributed by atoms with Gasteiger partial charge >= 0.3 is 0 Å². The number of rotatable bonds is 11. The van der Waals surface area contributed by atoms with E-state index in [-0.39, 0.29) is 0 Å². The van der Waals surface area contributed by atoms with Crippen molar-refractivity contribution in [3.8, 4) is 11.1 Å². The van der Waals surface area contributed by atoms with E-state index in [4.69, 9.17) is 4.74 Å². The quantitative estimate of drug-likeness (QED) is 0.488. The van der Waals surface area contributed by atoms with Gasteiger partial charge in [-0.3, -0.25) is 0 Å². The molecule has 0 aromatic heterocycles. The summed E-state index contributed by atoms with van der Waals surface area (Å²) in [6.07, 6.45) is 13.3. The molecular weight excluding hydrogens is 330 g/mol. The van der Waals surface area contributed by atoms with Gasteiger partial charge in [-0.25, -0.2) is 0 Å². The van der Waals surface area contributed by atoms with E-state index in [0.29, 0.717) is 6.04 Å². The second kappa shape index (κ2) is 11.7. The highest BCUT2D eigenvalue weighted by Gasteiger charge is 2.13. The fraction of sp³-hybridized carbons (Fsp3) is 0.440. The van der Waals surface area contributed by atoms with E-state index >= 15 is 0 Å². The van der Waals surface area contributed by atoms with Crippen molar-refractivity contribution in [2.45, 2.75) is 51.0 Å². The van der Waals surface area contributed by atoms with E-state index in [1.54, 1.807) is 0 Å². The van der Waals surface area contributed by atoms with Gasteiger partial charge in [-0.1, -0.05) is 79.6 Å². The summed E-state index contributed by atoms with van der Waals surface area (Å²) in [6, 6.07) is 20.0. The minimum Gasteiger partial charge on any atom is -0.380 e. The number of unbranched alkanes of at least 4 members (excludes halogenated alkanes) is 4. The van der Waals surface area contributed by atoms with Crippen molar-refractivity contribution in [3.63, 3.8) is 0 Å². The Kier molecular flexibility index (Phi) is 8.63. The van der Waals surface area contributed by atoms with Gasteiger partial charge in [0.1, 0.15) is 0 Å². The van der Waals surface area contributed by atoms with Gasteiger partial charge in [-0.2, -0.15) is 0 Å². The average Bonchev–Trinajstić information content (AvgIpc) is 3.24. The van der Waals surface area contributed by atoms with Gasteiger partial charge in [0, 0.05) is 12.6 Å². The Bertz CT molecular complexity index is 656. The third-order valence-corrected chi connectivity index (χ3v) is 5.22. The molecular formula is C25H33NO. The fourth-order valence-corrected chi connectivity index (χ4v) is 3.58. The summed E-state index contributed by atoms with van der Waals surface area (Å²) in [5.41, 5.74) is 3.83. The number of nitrogens with one attached hydrogen (secondary N) is 1. The first-order valence-electron chi connectivity index (χ1n) is 10.5. The van der Waals surface area contributed by atoms with Gasteiger partial charge in [0.15, 0.2) is 0 Å². The Hall–Kier alpha value is -1.90. The van der Waals surface area contributed by atoms with E-state index in [2.05, 4.69) is 72.1 Å². The second-order valence-corrected chi connectivity index (χ2v) is 7.46. The van der Waals surface area contributed by atoms with Crippen molar-refractivity contribution < 1.29 is 4.74 Å². The highest BCUT2D eigenvalue weighted by atomic mass is 16.5. The Balaban J connectivity index is 1.23. The van der Waals surface area contributed by atoms with Crippen molar-refractivity contribution in [2.24, 2.45) is 0 Å². The lowest BCUT2D eigenvalue weighted by molar-refractivity contribution is 0.112. The molecule has 1 aliphatic heterocycles. The third-order valence-electron chi connectivity index (χ3n) is 5.22. The number of hydrogen-bond donors (Lipinski definition) is 1. The molecule has 2 nitrogen and oxygen atoms in total. The van der Waals surface area contributed by atoms with Crippen LogP contribution in [0.25, 0.3) is 17.2 Å². The first kappa shape index (κ1) is 19.9. The normalized spacial score (nSPS) is 17.0. The Morgan fingerprint density at radius 2 is 1.67 bits per heavy atom. The minimum absolute atomic E-state index is 0.608. The molecule has 1 N–H and O–H groups in total. The van der Waals surface area contributed by atoms with Crippen molar-refractivity contribution in [1.82, 2.24) is 5.32 Å². The lowest BCUT2D eigenvalue weighted by Gasteiger charge is -2.10. The fourth-order valence-electron chi connectivity index (χ4n) is 3.58. The molecule has 2 aromatic carbocycles. The predicted molar refractivity (Wildman–Crippen MR) is 116 cm³/mol. The third kappa shape index (κ3) is 7.32. The topological polar surface area (TPSA) is 21.3 Å². The van der Waals surface area contributed by atoms with Crippen LogP contribution >= 0.6 is 0 Å². The van der Waals surface area contributed by atoms with Crippen LogP contribution in [-0.4, -0.2) is 25.8 Å². The molecule has 0 saturated carbocycles. The minimum atomic E-state index is 0.608. The van der Waals surface area contributed by atoms with Crippen molar-refractivity contribution >= 4 is 6.08 Å². The van der Waals surface area contributed by atoms with Crippen molar-refractivity contribution in [2.75, 3.05) is 19.8 Å². The molecule has 2 heteroatoms. The van der Waals surface area contributed by atoms with Gasteiger partial charge in [0.05, 0.1) is 6.61 Å². The zero-order valence-corrected chi connectivity index (χ0v) is 16.4. The van der Waals surface area contributed by atoms with E-state index in [9.17, 15) is 0 Å². The Labute approximate surface area is 164 Å². The SMILES string of the molecule is C(=C\c1ccc(-c2ccccc2)cc1)/CCCCCCOC[C@@H]1CCCN1. The van der Waals surface area contributed by atoms with Gasteiger partial charge in [-0.05, 0) is 55.3 Å². The Morgan fingerprint density at radius 3 is 2.44 bits per heavy atom. The molecule has 3 rings (SSSR count). The van der Waals surface area contributed by atoms with Crippen LogP contribution < -0.4 is 5.32 Å². The van der Waals surface area contributed by atoms with E-state index in [0.717, 1.165) is 19.6 Å². The number of allylic oxidation sites excluding steroid dienone is 1. The van der Waals surface area contributed by atoms with Crippen LogP contribution in [0, 0.1) is 0 Å². The smallest absolute Gasteiger partial charge is 0.0619 e. The van der Waals surface area contributed by atoms with Crippen LogP contribution in [-0.2, 0) is 4.74 Å². The van der Waals surface area contributed by atoms with Crippen molar-refractivity contribution in [3.05, 3.63) is 66.2 Å². The number of benzene rings is 2. The zero-order chi connectivity index (χ0) is 18.6. The first-order valence-corrected chi connectivity index (χ1v) is 10.5. The monoisotopic (exact) mass is 363 g/mol. The first-order chi connectivity index (χ1) is 13.4. The summed E-state index contributed by atoms with van der Waals surface area (Å²) in [5.74, 6) is 0. The van der Waals surface area contributed by atoms with E-state index in [1.807, 2.05) is 0 Å². The molecule has 0 spiro atoms. The highest BCUT2D eigenvalue weighted by Crippen LogP contribution is 2.19. The summed E-state index contributed by atoms with van der Waals surface area (Å²) in [6.45, 7) is 2.98. The molecule has 1 fully saturated rings. The molecule has 0 radical (unpaired) electrons. The summed E-state index contributed by atoms with van der Waals surface area (Å²) < 4.78 is 5.77. The average molecular weight is 364 g/mol. The molecule has 144 valence electrons. The molecule has 0 amide bonds.